The van der Waals surface area contributed by atoms with Gasteiger partial charge in [0.05, 0.1) is 6.61 Å². The lowest BCUT2D eigenvalue weighted by atomic mass is 10.1. The van der Waals surface area contributed by atoms with Gasteiger partial charge in [-0.05, 0) is 29.7 Å². The predicted molar refractivity (Wildman–Crippen MR) is 75.8 cm³/mol. The molecule has 100 valence electrons. The second-order valence-corrected chi connectivity index (χ2v) is 4.39. The number of fused-ring (bicyclic) bond motifs is 1. The van der Waals surface area contributed by atoms with E-state index in [1.54, 1.807) is 36.5 Å². The molecule has 4 heteroatoms. The van der Waals surface area contributed by atoms with Crippen LogP contribution >= 0.6 is 0 Å². The lowest BCUT2D eigenvalue weighted by Crippen LogP contribution is -1.93. The van der Waals surface area contributed by atoms with Crippen LogP contribution in [0.1, 0.15) is 5.56 Å². The van der Waals surface area contributed by atoms with E-state index in [9.17, 15) is 10.2 Å². The van der Waals surface area contributed by atoms with Crippen molar-refractivity contribution in [2.45, 2.75) is 6.61 Å². The highest BCUT2D eigenvalue weighted by Crippen LogP contribution is 2.31. The van der Waals surface area contributed by atoms with Gasteiger partial charge in [-0.3, -0.25) is 0 Å². The van der Waals surface area contributed by atoms with Gasteiger partial charge in [-0.2, -0.15) is 0 Å². The highest BCUT2D eigenvalue weighted by Gasteiger charge is 2.08. The molecule has 20 heavy (non-hydrogen) atoms. The van der Waals surface area contributed by atoms with Gasteiger partial charge in [0.2, 0.25) is 5.88 Å². The van der Waals surface area contributed by atoms with Crippen LogP contribution in [-0.2, 0) is 6.61 Å². The van der Waals surface area contributed by atoms with Crippen LogP contribution in [0.5, 0.6) is 17.4 Å². The fourth-order valence-corrected chi connectivity index (χ4v) is 2.05. The van der Waals surface area contributed by atoms with Crippen molar-refractivity contribution in [1.82, 2.24) is 4.98 Å². The first kappa shape index (κ1) is 12.4. The summed E-state index contributed by atoms with van der Waals surface area (Å²) >= 11 is 0. The first-order valence-corrected chi connectivity index (χ1v) is 6.22. The van der Waals surface area contributed by atoms with E-state index in [-0.39, 0.29) is 12.4 Å². The summed E-state index contributed by atoms with van der Waals surface area (Å²) in [5.41, 5.74) is 0.687. The fraction of sp³-hybridized carbons (Fsp3) is 0.0625. The molecule has 0 amide bonds. The number of phenols is 1. The van der Waals surface area contributed by atoms with Crippen molar-refractivity contribution in [2.24, 2.45) is 0 Å². The summed E-state index contributed by atoms with van der Waals surface area (Å²) in [6, 6.07) is 14.1. The normalized spacial score (nSPS) is 10.7. The smallest absolute Gasteiger partial charge is 0.227 e. The zero-order chi connectivity index (χ0) is 13.9. The number of rotatable bonds is 3. The Balaban J connectivity index is 2.08. The van der Waals surface area contributed by atoms with Crippen molar-refractivity contribution in [3.05, 3.63) is 60.3 Å². The second kappa shape index (κ2) is 5.19. The molecule has 0 saturated heterocycles. The van der Waals surface area contributed by atoms with E-state index in [1.165, 1.54) is 0 Å². The van der Waals surface area contributed by atoms with Crippen LogP contribution in [0.4, 0.5) is 0 Å². The molecule has 0 aliphatic carbocycles. The average molecular weight is 267 g/mol. The Morgan fingerprint density at radius 3 is 2.75 bits per heavy atom. The predicted octanol–water partition coefficient (Wildman–Crippen LogP) is 3.23. The maximum atomic E-state index is 9.60. The van der Waals surface area contributed by atoms with E-state index in [1.807, 2.05) is 18.2 Å². The SMILES string of the molecule is OCc1ccccc1Oc1nccc2ccc(O)cc12. The van der Waals surface area contributed by atoms with Gasteiger partial charge in [-0.1, -0.05) is 24.3 Å². The minimum atomic E-state index is -0.105. The number of benzene rings is 2. The molecule has 3 aromatic rings. The third-order valence-electron chi connectivity index (χ3n) is 3.06. The molecule has 1 heterocycles. The fourth-order valence-electron chi connectivity index (χ4n) is 2.05. The molecule has 0 fully saturated rings. The minimum absolute atomic E-state index is 0.105. The maximum Gasteiger partial charge on any atom is 0.227 e. The summed E-state index contributed by atoms with van der Waals surface area (Å²) in [7, 11) is 0. The van der Waals surface area contributed by atoms with Crippen LogP contribution in [0.15, 0.2) is 54.7 Å². The molecular formula is C16H13NO3. The first-order chi connectivity index (χ1) is 9.78. The molecule has 0 aliphatic heterocycles. The standard InChI is InChI=1S/C16H13NO3/c18-10-12-3-1-2-4-15(12)20-16-14-9-13(19)6-5-11(14)7-8-17-16/h1-9,18-19H,10H2. The van der Waals surface area contributed by atoms with Crippen molar-refractivity contribution >= 4 is 10.8 Å². The van der Waals surface area contributed by atoms with Gasteiger partial charge in [0, 0.05) is 17.1 Å². The number of ether oxygens (including phenoxy) is 1. The van der Waals surface area contributed by atoms with E-state index >= 15 is 0 Å². The van der Waals surface area contributed by atoms with Gasteiger partial charge in [-0.25, -0.2) is 4.98 Å². The lowest BCUT2D eigenvalue weighted by molar-refractivity contribution is 0.276. The van der Waals surface area contributed by atoms with Crippen molar-refractivity contribution in [1.29, 1.82) is 0 Å². The van der Waals surface area contributed by atoms with Crippen LogP contribution in [0.3, 0.4) is 0 Å². The van der Waals surface area contributed by atoms with E-state index < -0.39 is 0 Å². The summed E-state index contributed by atoms with van der Waals surface area (Å²) in [5, 5.41) is 20.6. The Morgan fingerprint density at radius 2 is 1.90 bits per heavy atom. The van der Waals surface area contributed by atoms with Crippen LogP contribution in [0, 0.1) is 0 Å². The Bertz CT molecular complexity index is 756. The van der Waals surface area contributed by atoms with Crippen molar-refractivity contribution < 1.29 is 14.9 Å². The molecule has 0 spiro atoms. The molecule has 0 unspecified atom stereocenters. The molecule has 2 aromatic carbocycles. The van der Waals surface area contributed by atoms with Gasteiger partial charge >= 0.3 is 0 Å². The van der Waals surface area contributed by atoms with Crippen molar-refractivity contribution in [3.8, 4) is 17.4 Å². The van der Waals surface area contributed by atoms with Gasteiger partial charge in [0.15, 0.2) is 0 Å². The maximum absolute atomic E-state index is 9.60. The summed E-state index contributed by atoms with van der Waals surface area (Å²) in [4.78, 5) is 4.20. The quantitative estimate of drug-likeness (QED) is 0.764. The monoisotopic (exact) mass is 267 g/mol. The molecular weight excluding hydrogens is 254 g/mol. The molecule has 0 saturated carbocycles. The van der Waals surface area contributed by atoms with Crippen LogP contribution in [-0.4, -0.2) is 15.2 Å². The third-order valence-corrected chi connectivity index (χ3v) is 3.06. The van der Waals surface area contributed by atoms with E-state index in [4.69, 9.17) is 4.74 Å². The Hall–Kier alpha value is -2.59. The average Bonchev–Trinajstić information content (AvgIpc) is 2.48. The molecule has 3 rings (SSSR count). The number of para-hydroxylation sites is 1. The number of aromatic nitrogens is 1. The zero-order valence-electron chi connectivity index (χ0n) is 10.7. The third kappa shape index (κ3) is 2.29. The molecule has 2 N–H and O–H groups in total. The van der Waals surface area contributed by atoms with E-state index in [2.05, 4.69) is 4.98 Å². The first-order valence-electron chi connectivity index (χ1n) is 6.22. The molecule has 0 bridgehead atoms. The van der Waals surface area contributed by atoms with Crippen LogP contribution in [0.25, 0.3) is 10.8 Å². The van der Waals surface area contributed by atoms with Crippen LogP contribution < -0.4 is 4.74 Å². The number of aliphatic hydroxyl groups is 1. The lowest BCUT2D eigenvalue weighted by Gasteiger charge is -2.10. The number of hydrogen-bond donors (Lipinski definition) is 2. The number of phenolic OH excluding ortho intramolecular Hbond substituents is 1. The highest BCUT2D eigenvalue weighted by atomic mass is 16.5. The van der Waals surface area contributed by atoms with Gasteiger partial charge in [0.1, 0.15) is 11.5 Å². The molecule has 0 radical (unpaired) electrons. The summed E-state index contributed by atoms with van der Waals surface area (Å²) in [6.45, 7) is -0.105. The molecule has 0 atom stereocenters. The Morgan fingerprint density at radius 1 is 1.05 bits per heavy atom. The molecule has 4 nitrogen and oxygen atoms in total. The number of pyridine rings is 1. The zero-order valence-corrected chi connectivity index (χ0v) is 10.7. The summed E-state index contributed by atoms with van der Waals surface area (Å²) in [5.74, 6) is 1.11. The summed E-state index contributed by atoms with van der Waals surface area (Å²) in [6.07, 6.45) is 1.65. The van der Waals surface area contributed by atoms with Gasteiger partial charge in [-0.15, -0.1) is 0 Å². The number of hydrogen-bond acceptors (Lipinski definition) is 4. The topological polar surface area (TPSA) is 62.6 Å². The van der Waals surface area contributed by atoms with Gasteiger partial charge in [0.25, 0.3) is 0 Å². The number of aromatic hydroxyl groups is 1. The molecule has 0 aliphatic rings. The van der Waals surface area contributed by atoms with Gasteiger partial charge < -0.3 is 14.9 Å². The number of nitrogens with zero attached hydrogens (tertiary/aromatic N) is 1. The minimum Gasteiger partial charge on any atom is -0.508 e. The van der Waals surface area contributed by atoms with Crippen molar-refractivity contribution in [2.75, 3.05) is 0 Å². The van der Waals surface area contributed by atoms with Crippen molar-refractivity contribution in [3.63, 3.8) is 0 Å². The molecule has 1 aromatic heterocycles. The van der Waals surface area contributed by atoms with Crippen LogP contribution in [0.2, 0.25) is 0 Å². The second-order valence-electron chi connectivity index (χ2n) is 4.39. The number of aliphatic hydroxyl groups excluding tert-OH is 1. The largest absolute Gasteiger partial charge is 0.508 e. The van der Waals surface area contributed by atoms with E-state index in [0.29, 0.717) is 17.2 Å². The highest BCUT2D eigenvalue weighted by molar-refractivity contribution is 5.88. The summed E-state index contributed by atoms with van der Waals surface area (Å²) < 4.78 is 5.79. The van der Waals surface area contributed by atoms with E-state index in [0.717, 1.165) is 10.8 Å². The Kier molecular flexibility index (Phi) is 3.23. The Labute approximate surface area is 115 Å².